The van der Waals surface area contributed by atoms with Gasteiger partial charge in [-0.3, -0.25) is 9.59 Å². The first-order valence-electron chi connectivity index (χ1n) is 12.0. The molecule has 12 nitrogen and oxygen atoms in total. The summed E-state index contributed by atoms with van der Waals surface area (Å²) in [6.45, 7) is 0.781. The van der Waals surface area contributed by atoms with Crippen molar-refractivity contribution in [1.82, 2.24) is 10.6 Å². The maximum atomic E-state index is 12.4. The van der Waals surface area contributed by atoms with E-state index in [0.29, 0.717) is 43.1 Å². The zero-order valence-electron chi connectivity index (χ0n) is 21.2. The van der Waals surface area contributed by atoms with Gasteiger partial charge in [-0.1, -0.05) is 16.4 Å². The number of hydrogen-bond acceptors (Lipinski definition) is 10. The van der Waals surface area contributed by atoms with Gasteiger partial charge in [-0.15, -0.1) is 0 Å². The van der Waals surface area contributed by atoms with E-state index >= 15 is 0 Å². The highest BCUT2D eigenvalue weighted by Gasteiger charge is 2.18. The molecule has 0 radical (unpaired) electrons. The van der Waals surface area contributed by atoms with E-state index in [-0.39, 0.29) is 56.3 Å². The lowest BCUT2D eigenvalue weighted by Crippen LogP contribution is -2.38. The summed E-state index contributed by atoms with van der Waals surface area (Å²) in [6.07, 6.45) is 0.0867. The molecule has 0 aromatic heterocycles. The molecule has 0 aliphatic rings. The van der Waals surface area contributed by atoms with Gasteiger partial charge in [0.2, 0.25) is 0 Å². The standard InChI is InChI=1S/C25H30Br3N5O7/c26-17-8-14(2-3-22(17)35)11-20(32-38)24(36)30-6-1-7-40-23-18(27)9-15(10-19(23)28)12-21(33-39)25(37)31-13-16(34)4-5-29/h2-3,8-10,16,34-35,38-39H,1,4-7,11-13,29H2,(H,30,36)(H,31,37)/t16-/m0/s1. The molecule has 0 fully saturated rings. The number of ether oxygens (including phenoxy) is 1. The Kier molecular flexibility index (Phi) is 14.4. The molecule has 2 amide bonds. The SMILES string of the molecule is NCC[C@H](O)CNC(=O)C(Cc1cc(Br)c(OCCCNC(=O)C(Cc2ccc(O)c(Br)c2)=NO)c(Br)c1)=NO. The number of amides is 2. The molecule has 2 aromatic rings. The summed E-state index contributed by atoms with van der Waals surface area (Å²) >= 11 is 10.1. The fourth-order valence-corrected chi connectivity index (χ4v) is 5.32. The summed E-state index contributed by atoms with van der Waals surface area (Å²) in [4.78, 5) is 24.7. The number of carbonyl (C=O) groups excluding carboxylic acids is 2. The van der Waals surface area contributed by atoms with Crippen molar-refractivity contribution in [3.63, 3.8) is 0 Å². The second-order valence-corrected chi connectivity index (χ2v) is 11.1. The second-order valence-electron chi connectivity index (χ2n) is 8.52. The largest absolute Gasteiger partial charge is 0.507 e. The number of rotatable bonds is 15. The number of aliphatic hydroxyl groups is 1. The normalized spacial score (nSPS) is 12.6. The molecular weight excluding hydrogens is 722 g/mol. The van der Waals surface area contributed by atoms with Crippen LogP contribution in [0.25, 0.3) is 0 Å². The van der Waals surface area contributed by atoms with Crippen LogP contribution >= 0.6 is 47.8 Å². The lowest BCUT2D eigenvalue weighted by molar-refractivity contribution is -0.116. The Balaban J connectivity index is 1.85. The summed E-state index contributed by atoms with van der Waals surface area (Å²) in [7, 11) is 0. The van der Waals surface area contributed by atoms with Crippen LogP contribution in [0.2, 0.25) is 0 Å². The van der Waals surface area contributed by atoms with Crippen molar-refractivity contribution < 1.29 is 35.0 Å². The maximum Gasteiger partial charge on any atom is 0.269 e. The molecule has 0 aliphatic heterocycles. The zero-order valence-corrected chi connectivity index (χ0v) is 26.0. The van der Waals surface area contributed by atoms with E-state index in [2.05, 4.69) is 68.7 Å². The van der Waals surface area contributed by atoms with E-state index < -0.39 is 17.9 Å². The maximum absolute atomic E-state index is 12.4. The third kappa shape index (κ3) is 10.7. The summed E-state index contributed by atoms with van der Waals surface area (Å²) in [5, 5.41) is 49.2. The fourth-order valence-electron chi connectivity index (χ4n) is 3.38. The van der Waals surface area contributed by atoms with Gasteiger partial charge >= 0.3 is 0 Å². The van der Waals surface area contributed by atoms with Crippen molar-refractivity contribution in [2.75, 3.05) is 26.2 Å². The number of nitrogens with two attached hydrogens (primary N) is 1. The number of phenols is 1. The molecule has 0 saturated heterocycles. The number of hydrogen-bond donors (Lipinski definition) is 7. The monoisotopic (exact) mass is 749 g/mol. The molecule has 0 aliphatic carbocycles. The zero-order chi connectivity index (χ0) is 29.7. The van der Waals surface area contributed by atoms with Crippen molar-refractivity contribution in [2.24, 2.45) is 16.0 Å². The second kappa shape index (κ2) is 17.2. The van der Waals surface area contributed by atoms with Crippen LogP contribution in [0.1, 0.15) is 24.0 Å². The average Bonchev–Trinajstić information content (AvgIpc) is 2.92. The number of halogens is 3. The first-order chi connectivity index (χ1) is 19.1. The van der Waals surface area contributed by atoms with Crippen LogP contribution < -0.4 is 21.1 Å². The van der Waals surface area contributed by atoms with Crippen molar-refractivity contribution in [3.8, 4) is 11.5 Å². The van der Waals surface area contributed by atoms with Crippen LogP contribution in [0.5, 0.6) is 11.5 Å². The Morgan fingerprint density at radius 3 is 2.08 bits per heavy atom. The number of carbonyl (C=O) groups is 2. The molecule has 218 valence electrons. The van der Waals surface area contributed by atoms with Crippen LogP contribution in [-0.2, 0) is 22.4 Å². The van der Waals surface area contributed by atoms with E-state index in [1.807, 2.05) is 0 Å². The fraction of sp³-hybridized carbons (Fsp3) is 0.360. The minimum absolute atomic E-state index is 0.0137. The van der Waals surface area contributed by atoms with Gasteiger partial charge in [-0.05, 0) is 103 Å². The molecule has 8 N–H and O–H groups in total. The first kappa shape index (κ1) is 33.5. The number of benzene rings is 2. The molecule has 0 spiro atoms. The third-order valence-electron chi connectivity index (χ3n) is 5.43. The smallest absolute Gasteiger partial charge is 0.269 e. The summed E-state index contributed by atoms with van der Waals surface area (Å²) in [5.41, 5.74) is 6.49. The quantitative estimate of drug-likeness (QED) is 0.0624. The Morgan fingerprint density at radius 2 is 1.50 bits per heavy atom. The van der Waals surface area contributed by atoms with E-state index in [0.717, 1.165) is 0 Å². The van der Waals surface area contributed by atoms with E-state index in [1.54, 1.807) is 24.3 Å². The summed E-state index contributed by atoms with van der Waals surface area (Å²) in [5.74, 6) is -0.579. The van der Waals surface area contributed by atoms with Crippen LogP contribution in [0.4, 0.5) is 0 Å². The van der Waals surface area contributed by atoms with Gasteiger partial charge < -0.3 is 41.7 Å². The summed E-state index contributed by atoms with van der Waals surface area (Å²) < 4.78 is 7.47. The Morgan fingerprint density at radius 1 is 0.925 bits per heavy atom. The molecular formula is C25H30Br3N5O7. The Hall–Kier alpha value is -2.72. The molecule has 2 rings (SSSR count). The molecule has 15 heteroatoms. The van der Waals surface area contributed by atoms with E-state index in [4.69, 9.17) is 10.5 Å². The van der Waals surface area contributed by atoms with Crippen LogP contribution in [-0.4, -0.2) is 76.2 Å². The van der Waals surface area contributed by atoms with Crippen LogP contribution in [0, 0.1) is 0 Å². The van der Waals surface area contributed by atoms with Crippen LogP contribution in [0.3, 0.4) is 0 Å². The Bertz CT molecular complexity index is 1220. The van der Waals surface area contributed by atoms with E-state index in [9.17, 15) is 30.2 Å². The molecule has 0 unspecified atom stereocenters. The highest BCUT2D eigenvalue weighted by Crippen LogP contribution is 2.35. The van der Waals surface area contributed by atoms with Gasteiger partial charge in [0.15, 0.2) is 0 Å². The molecule has 40 heavy (non-hydrogen) atoms. The van der Waals surface area contributed by atoms with Gasteiger partial charge in [-0.2, -0.15) is 0 Å². The number of nitrogens with one attached hydrogen (secondary N) is 2. The predicted molar refractivity (Wildman–Crippen MR) is 159 cm³/mol. The summed E-state index contributed by atoms with van der Waals surface area (Å²) in [6, 6.07) is 8.16. The molecule has 2 aromatic carbocycles. The molecule has 0 saturated carbocycles. The third-order valence-corrected chi connectivity index (χ3v) is 7.24. The average molecular weight is 752 g/mol. The van der Waals surface area contributed by atoms with Gasteiger partial charge in [0.25, 0.3) is 11.8 Å². The van der Waals surface area contributed by atoms with Gasteiger partial charge in [-0.25, -0.2) is 0 Å². The van der Waals surface area contributed by atoms with Crippen molar-refractivity contribution in [2.45, 2.75) is 31.8 Å². The minimum atomic E-state index is -0.792. The lowest BCUT2D eigenvalue weighted by Gasteiger charge is -2.14. The highest BCUT2D eigenvalue weighted by molar-refractivity contribution is 9.11. The van der Waals surface area contributed by atoms with Gasteiger partial charge in [0.05, 0.1) is 26.1 Å². The number of nitrogens with zero attached hydrogens (tertiary/aromatic N) is 2. The van der Waals surface area contributed by atoms with Crippen LogP contribution in [0.15, 0.2) is 54.1 Å². The van der Waals surface area contributed by atoms with Gasteiger partial charge in [0, 0.05) is 25.9 Å². The topological polar surface area (TPSA) is 199 Å². The minimum Gasteiger partial charge on any atom is -0.507 e. The molecule has 0 heterocycles. The van der Waals surface area contributed by atoms with E-state index in [1.165, 1.54) is 6.07 Å². The molecule has 1 atom stereocenters. The number of oxime groups is 2. The predicted octanol–water partition coefficient (Wildman–Crippen LogP) is 2.84. The van der Waals surface area contributed by atoms with Crippen molar-refractivity contribution >= 4 is 71.0 Å². The first-order valence-corrected chi connectivity index (χ1v) is 14.4. The lowest BCUT2D eigenvalue weighted by atomic mass is 10.1. The molecule has 0 bridgehead atoms. The Labute approximate surface area is 256 Å². The van der Waals surface area contributed by atoms with Gasteiger partial charge in [0.1, 0.15) is 22.9 Å². The van der Waals surface area contributed by atoms with Crippen molar-refractivity contribution in [1.29, 1.82) is 0 Å². The van der Waals surface area contributed by atoms with Crippen molar-refractivity contribution in [3.05, 3.63) is 54.9 Å². The number of aromatic hydroxyl groups is 1. The number of phenolic OH excluding ortho intramolecular Hbond substituents is 1. The number of aliphatic hydroxyl groups excluding tert-OH is 1. The highest BCUT2D eigenvalue weighted by atomic mass is 79.9.